The highest BCUT2D eigenvalue weighted by Crippen LogP contribution is 2.25. The van der Waals surface area contributed by atoms with Crippen molar-refractivity contribution in [1.29, 1.82) is 0 Å². The summed E-state index contributed by atoms with van der Waals surface area (Å²) in [5.74, 6) is -2.90. The number of halogens is 2. The number of rotatable bonds is 5. The fourth-order valence-corrected chi connectivity index (χ4v) is 4.17. The van der Waals surface area contributed by atoms with E-state index in [2.05, 4.69) is 5.32 Å². The highest BCUT2D eigenvalue weighted by molar-refractivity contribution is 6.35. The van der Waals surface area contributed by atoms with Crippen molar-refractivity contribution in [2.45, 2.75) is 38.3 Å². The Hall–Kier alpha value is -3.29. The third kappa shape index (κ3) is 4.57. The quantitative estimate of drug-likeness (QED) is 0.745. The lowest BCUT2D eigenvalue weighted by Crippen LogP contribution is -2.56. The van der Waals surface area contributed by atoms with E-state index >= 15 is 0 Å². The summed E-state index contributed by atoms with van der Waals surface area (Å²) in [6.07, 6.45) is 4.11. The highest BCUT2D eigenvalue weighted by atomic mass is 19.1. The summed E-state index contributed by atoms with van der Waals surface area (Å²) >= 11 is 0. The van der Waals surface area contributed by atoms with Crippen molar-refractivity contribution < 1.29 is 23.2 Å². The Morgan fingerprint density at radius 1 is 0.968 bits per heavy atom. The predicted octanol–water partition coefficient (Wildman–Crippen LogP) is 3.33. The van der Waals surface area contributed by atoms with E-state index in [1.54, 1.807) is 29.2 Å². The highest BCUT2D eigenvalue weighted by Gasteiger charge is 2.37. The molecule has 162 valence electrons. The molecule has 1 N–H and O–H groups in total. The SMILES string of the molecule is O=C(Nc1cc(F)ccc1F)c1ccc(CN2CCN(C3CCCC3)C(=O)C2=O)cc1. The van der Waals surface area contributed by atoms with Gasteiger partial charge in [-0.25, -0.2) is 8.78 Å². The molecule has 4 rings (SSSR count). The Bertz CT molecular complexity index is 1000. The molecular weight excluding hydrogens is 404 g/mol. The fourth-order valence-electron chi connectivity index (χ4n) is 4.17. The monoisotopic (exact) mass is 427 g/mol. The van der Waals surface area contributed by atoms with Crippen molar-refractivity contribution in [2.75, 3.05) is 18.4 Å². The summed E-state index contributed by atoms with van der Waals surface area (Å²) in [4.78, 5) is 40.6. The maximum atomic E-state index is 13.7. The molecule has 2 aromatic rings. The first-order valence-corrected chi connectivity index (χ1v) is 10.4. The molecule has 1 aliphatic heterocycles. The fraction of sp³-hybridized carbons (Fsp3) is 0.348. The van der Waals surface area contributed by atoms with Gasteiger partial charge in [-0.15, -0.1) is 0 Å². The van der Waals surface area contributed by atoms with Crippen LogP contribution in [-0.2, 0) is 16.1 Å². The molecule has 3 amide bonds. The minimum Gasteiger partial charge on any atom is -0.330 e. The van der Waals surface area contributed by atoms with Crippen LogP contribution in [-0.4, -0.2) is 46.7 Å². The number of benzene rings is 2. The van der Waals surface area contributed by atoms with Gasteiger partial charge in [-0.3, -0.25) is 14.4 Å². The summed E-state index contributed by atoms with van der Waals surface area (Å²) in [6, 6.07) is 9.45. The van der Waals surface area contributed by atoms with Crippen LogP contribution < -0.4 is 5.32 Å². The van der Waals surface area contributed by atoms with Crippen molar-refractivity contribution in [3.8, 4) is 0 Å². The number of carbonyl (C=O) groups is 3. The molecule has 2 fully saturated rings. The second-order valence-electron chi connectivity index (χ2n) is 7.94. The number of hydrogen-bond acceptors (Lipinski definition) is 3. The summed E-state index contributed by atoms with van der Waals surface area (Å²) in [5, 5.41) is 2.34. The van der Waals surface area contributed by atoms with E-state index < -0.39 is 29.4 Å². The van der Waals surface area contributed by atoms with E-state index in [0.29, 0.717) is 13.1 Å². The van der Waals surface area contributed by atoms with Gasteiger partial charge in [0.05, 0.1) is 5.69 Å². The van der Waals surface area contributed by atoms with Gasteiger partial charge < -0.3 is 15.1 Å². The van der Waals surface area contributed by atoms with Crippen molar-refractivity contribution in [3.63, 3.8) is 0 Å². The summed E-state index contributed by atoms with van der Waals surface area (Å²) < 4.78 is 27.0. The van der Waals surface area contributed by atoms with E-state index in [4.69, 9.17) is 0 Å². The third-order valence-electron chi connectivity index (χ3n) is 5.87. The molecule has 1 heterocycles. The topological polar surface area (TPSA) is 69.7 Å². The molecule has 2 aromatic carbocycles. The zero-order valence-electron chi connectivity index (χ0n) is 16.9. The lowest BCUT2D eigenvalue weighted by atomic mass is 10.1. The number of carbonyl (C=O) groups excluding carboxylic acids is 3. The second-order valence-corrected chi connectivity index (χ2v) is 7.94. The standard InChI is InChI=1S/C23H23F2N3O3/c24-17-9-10-19(25)20(13-17)26-21(29)16-7-5-15(6-8-16)14-27-11-12-28(23(31)22(27)30)18-3-1-2-4-18/h5-10,13,18H,1-4,11-12,14H2,(H,26,29). The molecule has 8 heteroatoms. The van der Waals surface area contributed by atoms with E-state index in [9.17, 15) is 23.2 Å². The van der Waals surface area contributed by atoms with Crippen LogP contribution in [0.5, 0.6) is 0 Å². The van der Waals surface area contributed by atoms with E-state index in [0.717, 1.165) is 49.4 Å². The van der Waals surface area contributed by atoms with Crippen LogP contribution in [0.25, 0.3) is 0 Å². The van der Waals surface area contributed by atoms with E-state index in [1.807, 2.05) is 0 Å². The lowest BCUT2D eigenvalue weighted by molar-refractivity contribution is -0.158. The van der Waals surface area contributed by atoms with Crippen LogP contribution in [0, 0.1) is 11.6 Å². The minimum absolute atomic E-state index is 0.180. The summed E-state index contributed by atoms with van der Waals surface area (Å²) in [6.45, 7) is 1.28. The van der Waals surface area contributed by atoms with Crippen molar-refractivity contribution in [1.82, 2.24) is 9.80 Å². The van der Waals surface area contributed by atoms with Gasteiger partial charge in [-0.1, -0.05) is 25.0 Å². The summed E-state index contributed by atoms with van der Waals surface area (Å²) in [5.41, 5.74) is 0.795. The van der Waals surface area contributed by atoms with Crippen molar-refractivity contribution in [2.24, 2.45) is 0 Å². The molecule has 1 saturated heterocycles. The molecule has 31 heavy (non-hydrogen) atoms. The average molecular weight is 427 g/mol. The van der Waals surface area contributed by atoms with Gasteiger partial charge in [0.1, 0.15) is 11.6 Å². The Morgan fingerprint density at radius 2 is 1.68 bits per heavy atom. The molecule has 0 aromatic heterocycles. The van der Waals surface area contributed by atoms with E-state index in [1.165, 1.54) is 4.90 Å². The van der Waals surface area contributed by atoms with Crippen molar-refractivity contribution in [3.05, 3.63) is 65.2 Å². The molecular formula is C23H23F2N3O3. The maximum absolute atomic E-state index is 13.7. The molecule has 2 aliphatic rings. The van der Waals surface area contributed by atoms with Gasteiger partial charge in [-0.05, 0) is 42.7 Å². The average Bonchev–Trinajstić information content (AvgIpc) is 3.29. The first kappa shape index (κ1) is 21.0. The smallest absolute Gasteiger partial charge is 0.312 e. The van der Waals surface area contributed by atoms with Crippen LogP contribution in [0.4, 0.5) is 14.5 Å². The van der Waals surface area contributed by atoms with Crippen LogP contribution in [0.2, 0.25) is 0 Å². The molecule has 1 aliphatic carbocycles. The number of nitrogens with zero attached hydrogens (tertiary/aromatic N) is 2. The molecule has 0 atom stereocenters. The Labute approximate surface area is 178 Å². The summed E-state index contributed by atoms with van der Waals surface area (Å²) in [7, 11) is 0. The van der Waals surface area contributed by atoms with Gasteiger partial charge in [0, 0.05) is 37.3 Å². The lowest BCUT2D eigenvalue weighted by Gasteiger charge is -2.37. The maximum Gasteiger partial charge on any atom is 0.312 e. The molecule has 1 saturated carbocycles. The Morgan fingerprint density at radius 3 is 2.39 bits per heavy atom. The number of piperazine rings is 1. The zero-order chi connectivity index (χ0) is 22.0. The molecule has 0 unspecified atom stereocenters. The molecule has 0 radical (unpaired) electrons. The first-order valence-electron chi connectivity index (χ1n) is 10.4. The van der Waals surface area contributed by atoms with Crippen LogP contribution >= 0.6 is 0 Å². The van der Waals surface area contributed by atoms with E-state index in [-0.39, 0.29) is 23.8 Å². The number of anilines is 1. The number of nitrogens with one attached hydrogen (secondary N) is 1. The van der Waals surface area contributed by atoms with Crippen LogP contribution in [0.1, 0.15) is 41.6 Å². The van der Waals surface area contributed by atoms with Gasteiger partial charge >= 0.3 is 11.8 Å². The largest absolute Gasteiger partial charge is 0.330 e. The van der Waals surface area contributed by atoms with Crippen LogP contribution in [0.15, 0.2) is 42.5 Å². The van der Waals surface area contributed by atoms with Gasteiger partial charge in [0.2, 0.25) is 0 Å². The van der Waals surface area contributed by atoms with Gasteiger partial charge in [0.15, 0.2) is 0 Å². The zero-order valence-corrected chi connectivity index (χ0v) is 16.9. The van der Waals surface area contributed by atoms with Crippen LogP contribution in [0.3, 0.4) is 0 Å². The normalized spacial score (nSPS) is 17.4. The molecule has 6 nitrogen and oxygen atoms in total. The Balaban J connectivity index is 1.37. The van der Waals surface area contributed by atoms with Gasteiger partial charge in [0.25, 0.3) is 5.91 Å². The minimum atomic E-state index is -0.730. The Kier molecular flexibility index (Phi) is 5.97. The molecule has 0 spiro atoms. The first-order chi connectivity index (χ1) is 14.9. The van der Waals surface area contributed by atoms with Crippen molar-refractivity contribution >= 4 is 23.4 Å². The predicted molar refractivity (Wildman–Crippen MR) is 110 cm³/mol. The third-order valence-corrected chi connectivity index (χ3v) is 5.87. The second kappa shape index (κ2) is 8.83. The number of amides is 3. The molecule has 0 bridgehead atoms. The van der Waals surface area contributed by atoms with Gasteiger partial charge in [-0.2, -0.15) is 0 Å². The number of hydrogen-bond donors (Lipinski definition) is 1.